The maximum absolute atomic E-state index is 11.9. The van der Waals surface area contributed by atoms with Crippen LogP contribution in [-0.4, -0.2) is 28.9 Å². The van der Waals surface area contributed by atoms with Crippen LogP contribution in [0.25, 0.3) is 0 Å². The molecule has 0 saturated carbocycles. The second-order valence-corrected chi connectivity index (χ2v) is 5.33. The first-order valence-corrected chi connectivity index (χ1v) is 7.24. The molecule has 1 aliphatic heterocycles. The first-order valence-electron chi connectivity index (χ1n) is 6.45. The maximum atomic E-state index is 11.9. The van der Waals surface area contributed by atoms with Crippen molar-refractivity contribution in [2.75, 3.05) is 18.4 Å². The van der Waals surface area contributed by atoms with Gasteiger partial charge in [-0.25, -0.2) is 4.68 Å². The zero-order chi connectivity index (χ0) is 13.0. The molecule has 0 bridgehead atoms. The van der Waals surface area contributed by atoms with E-state index in [4.69, 9.17) is 0 Å². The smallest absolute Gasteiger partial charge is 0.283 e. The van der Waals surface area contributed by atoms with Crippen molar-refractivity contribution in [2.24, 2.45) is 0 Å². The highest BCUT2D eigenvalue weighted by Gasteiger charge is 2.14. The number of halogens is 1. The summed E-state index contributed by atoms with van der Waals surface area (Å²) in [6.07, 6.45) is 5.27. The van der Waals surface area contributed by atoms with E-state index in [0.717, 1.165) is 25.2 Å². The van der Waals surface area contributed by atoms with Gasteiger partial charge in [-0.05, 0) is 42.2 Å². The lowest BCUT2D eigenvalue weighted by Crippen LogP contribution is -2.32. The van der Waals surface area contributed by atoms with Gasteiger partial charge in [0.05, 0.1) is 11.9 Å². The Labute approximate surface area is 115 Å². The predicted octanol–water partition coefficient (Wildman–Crippen LogP) is 1.58. The molecule has 0 aliphatic carbocycles. The number of anilines is 1. The summed E-state index contributed by atoms with van der Waals surface area (Å²) in [5, 5.41) is 10.9. The molecular weight excluding hydrogens is 296 g/mol. The number of hydrogen-bond acceptors (Lipinski definition) is 4. The lowest BCUT2D eigenvalue weighted by molar-refractivity contribution is 0.605. The average molecular weight is 315 g/mol. The molecule has 5 nitrogen and oxygen atoms in total. The summed E-state index contributed by atoms with van der Waals surface area (Å²) in [5.74, 6) is 0. The number of aromatic nitrogens is 2. The lowest BCUT2D eigenvalue weighted by Gasteiger charge is -2.18. The van der Waals surface area contributed by atoms with Crippen molar-refractivity contribution in [3.8, 4) is 0 Å². The van der Waals surface area contributed by atoms with Gasteiger partial charge in [0.2, 0.25) is 0 Å². The summed E-state index contributed by atoms with van der Waals surface area (Å²) in [6, 6.07) is 0.363. The third kappa shape index (κ3) is 3.11. The Balaban J connectivity index is 2.13. The minimum Gasteiger partial charge on any atom is -0.379 e. The zero-order valence-electron chi connectivity index (χ0n) is 10.6. The summed E-state index contributed by atoms with van der Waals surface area (Å²) in [6.45, 7) is 4.50. The number of nitrogens with one attached hydrogen (secondary N) is 2. The fourth-order valence-corrected chi connectivity index (χ4v) is 2.57. The van der Waals surface area contributed by atoms with Gasteiger partial charge in [-0.2, -0.15) is 5.10 Å². The van der Waals surface area contributed by atoms with Crippen molar-refractivity contribution in [1.82, 2.24) is 15.1 Å². The molecule has 0 aromatic carbocycles. The van der Waals surface area contributed by atoms with E-state index in [1.165, 1.54) is 17.5 Å². The normalized spacial score (nSPS) is 20.4. The molecule has 6 heteroatoms. The van der Waals surface area contributed by atoms with Gasteiger partial charge in [0.15, 0.2) is 0 Å². The van der Waals surface area contributed by atoms with Crippen LogP contribution in [0.3, 0.4) is 0 Å². The van der Waals surface area contributed by atoms with E-state index < -0.39 is 0 Å². The average Bonchev–Trinajstić information content (AvgIpc) is 2.64. The van der Waals surface area contributed by atoms with Crippen molar-refractivity contribution in [3.63, 3.8) is 0 Å². The van der Waals surface area contributed by atoms with E-state index in [9.17, 15) is 4.79 Å². The van der Waals surface area contributed by atoms with Gasteiger partial charge in [0, 0.05) is 19.1 Å². The van der Waals surface area contributed by atoms with E-state index in [-0.39, 0.29) is 5.56 Å². The molecule has 1 unspecified atom stereocenters. The quantitative estimate of drug-likeness (QED) is 0.889. The van der Waals surface area contributed by atoms with Gasteiger partial charge in [-0.3, -0.25) is 4.79 Å². The summed E-state index contributed by atoms with van der Waals surface area (Å²) in [7, 11) is 0. The number of aryl methyl sites for hydroxylation is 1. The Morgan fingerprint density at radius 1 is 1.61 bits per heavy atom. The molecule has 1 saturated heterocycles. The Hall–Kier alpha value is -0.880. The zero-order valence-corrected chi connectivity index (χ0v) is 12.2. The molecular formula is C12H19BrN4O. The fourth-order valence-electron chi connectivity index (χ4n) is 2.15. The first-order chi connectivity index (χ1) is 8.72. The topological polar surface area (TPSA) is 59.0 Å². The number of hydrogen-bond donors (Lipinski definition) is 2. The molecule has 100 valence electrons. The van der Waals surface area contributed by atoms with E-state index in [0.29, 0.717) is 17.1 Å². The van der Waals surface area contributed by atoms with Crippen molar-refractivity contribution in [3.05, 3.63) is 21.0 Å². The molecule has 0 spiro atoms. The molecule has 1 aliphatic rings. The Kier molecular flexibility index (Phi) is 4.77. The predicted molar refractivity (Wildman–Crippen MR) is 76.0 cm³/mol. The van der Waals surface area contributed by atoms with Gasteiger partial charge in [-0.1, -0.05) is 6.42 Å². The molecule has 0 amide bonds. The Morgan fingerprint density at radius 2 is 2.44 bits per heavy atom. The maximum Gasteiger partial charge on any atom is 0.283 e. The van der Waals surface area contributed by atoms with Crippen molar-refractivity contribution < 1.29 is 0 Å². The summed E-state index contributed by atoms with van der Waals surface area (Å²) in [5.41, 5.74) is 0.711. The van der Waals surface area contributed by atoms with Crippen LogP contribution in [0, 0.1) is 0 Å². The van der Waals surface area contributed by atoms with Crippen molar-refractivity contribution in [2.45, 2.75) is 38.8 Å². The lowest BCUT2D eigenvalue weighted by atomic mass is 10.1. The van der Waals surface area contributed by atoms with Crippen LogP contribution in [0.4, 0.5) is 5.69 Å². The minimum atomic E-state index is -0.0796. The molecule has 0 radical (unpaired) electrons. The van der Waals surface area contributed by atoms with Crippen LogP contribution in [0.5, 0.6) is 0 Å². The first kappa shape index (κ1) is 13.5. The third-order valence-corrected chi connectivity index (χ3v) is 3.96. The SMILES string of the molecule is CCn1ncc(NC2CCCCNC2)c(Br)c1=O. The van der Waals surface area contributed by atoms with Crippen LogP contribution in [0.2, 0.25) is 0 Å². The van der Waals surface area contributed by atoms with Gasteiger partial charge in [0.25, 0.3) is 5.56 Å². The second-order valence-electron chi connectivity index (χ2n) is 4.53. The standard InChI is InChI=1S/C12H19BrN4O/c1-2-17-12(18)11(13)10(8-15-17)16-9-5-3-4-6-14-7-9/h8-9,14,16H,2-7H2,1H3. The molecule has 2 N–H and O–H groups in total. The Morgan fingerprint density at radius 3 is 3.22 bits per heavy atom. The van der Waals surface area contributed by atoms with Gasteiger partial charge >= 0.3 is 0 Å². The van der Waals surface area contributed by atoms with E-state index in [1.54, 1.807) is 6.20 Å². The van der Waals surface area contributed by atoms with E-state index >= 15 is 0 Å². The monoisotopic (exact) mass is 314 g/mol. The number of rotatable bonds is 3. The largest absolute Gasteiger partial charge is 0.379 e. The van der Waals surface area contributed by atoms with Crippen LogP contribution in [0.1, 0.15) is 26.2 Å². The second kappa shape index (κ2) is 6.33. The van der Waals surface area contributed by atoms with Crippen LogP contribution >= 0.6 is 15.9 Å². The van der Waals surface area contributed by atoms with Crippen LogP contribution in [-0.2, 0) is 6.54 Å². The molecule has 1 aromatic heterocycles. The van der Waals surface area contributed by atoms with Gasteiger partial charge in [0.1, 0.15) is 4.47 Å². The van der Waals surface area contributed by atoms with Crippen LogP contribution < -0.4 is 16.2 Å². The summed E-state index contributed by atoms with van der Waals surface area (Å²) in [4.78, 5) is 11.9. The molecule has 18 heavy (non-hydrogen) atoms. The molecule has 2 rings (SSSR count). The van der Waals surface area contributed by atoms with Crippen molar-refractivity contribution >= 4 is 21.6 Å². The molecule has 1 aromatic rings. The van der Waals surface area contributed by atoms with Gasteiger partial charge in [-0.15, -0.1) is 0 Å². The third-order valence-electron chi connectivity index (χ3n) is 3.19. The highest BCUT2D eigenvalue weighted by atomic mass is 79.9. The highest BCUT2D eigenvalue weighted by Crippen LogP contribution is 2.19. The molecule has 2 heterocycles. The van der Waals surface area contributed by atoms with Crippen LogP contribution in [0.15, 0.2) is 15.5 Å². The van der Waals surface area contributed by atoms with Crippen molar-refractivity contribution in [1.29, 1.82) is 0 Å². The van der Waals surface area contributed by atoms with E-state index in [2.05, 4.69) is 31.7 Å². The highest BCUT2D eigenvalue weighted by molar-refractivity contribution is 9.10. The fraction of sp³-hybridized carbons (Fsp3) is 0.667. The Bertz CT molecular complexity index is 452. The molecule has 1 fully saturated rings. The van der Waals surface area contributed by atoms with Gasteiger partial charge < -0.3 is 10.6 Å². The summed E-state index contributed by atoms with van der Waals surface area (Å²) < 4.78 is 2.02. The summed E-state index contributed by atoms with van der Waals surface area (Å²) >= 11 is 3.36. The van der Waals surface area contributed by atoms with E-state index in [1.807, 2.05) is 6.92 Å². The minimum absolute atomic E-state index is 0.0796. The number of nitrogens with zero attached hydrogens (tertiary/aromatic N) is 2. The molecule has 1 atom stereocenters.